The van der Waals surface area contributed by atoms with E-state index in [1.54, 1.807) is 23.6 Å². The Morgan fingerprint density at radius 2 is 2.17 bits per heavy atom. The summed E-state index contributed by atoms with van der Waals surface area (Å²) in [7, 11) is 0. The molecule has 3 aromatic rings. The van der Waals surface area contributed by atoms with E-state index >= 15 is 0 Å². The van der Waals surface area contributed by atoms with Gasteiger partial charge in [-0.05, 0) is 54.1 Å². The number of ether oxygens (including phenoxy) is 2. The first-order valence-corrected chi connectivity index (χ1v) is 11.2. The number of nitrogens with zero attached hydrogens (tertiary/aromatic N) is 2. The third-order valence-electron chi connectivity index (χ3n) is 5.09. The summed E-state index contributed by atoms with van der Waals surface area (Å²) >= 11 is 1.74. The lowest BCUT2D eigenvalue weighted by molar-refractivity contribution is 0.0502. The summed E-state index contributed by atoms with van der Waals surface area (Å²) in [5, 5.41) is 2.08. The Hall–Kier alpha value is -2.70. The maximum atomic E-state index is 13.1. The van der Waals surface area contributed by atoms with Crippen molar-refractivity contribution in [3.05, 3.63) is 82.3 Å². The van der Waals surface area contributed by atoms with Gasteiger partial charge in [0.25, 0.3) is 5.91 Å². The zero-order valence-electron chi connectivity index (χ0n) is 16.9. The lowest BCUT2D eigenvalue weighted by Gasteiger charge is -2.25. The minimum absolute atomic E-state index is 0.0740. The Kier molecular flexibility index (Phi) is 7.11. The van der Waals surface area contributed by atoms with E-state index in [9.17, 15) is 4.79 Å². The minimum Gasteiger partial charge on any atom is -0.493 e. The smallest absolute Gasteiger partial charge is 0.272 e. The first-order chi connectivity index (χ1) is 14.8. The highest BCUT2D eigenvalue weighted by Crippen LogP contribution is 2.20. The fourth-order valence-corrected chi connectivity index (χ4v) is 4.27. The van der Waals surface area contributed by atoms with E-state index in [2.05, 4.69) is 22.5 Å². The molecule has 0 N–H and O–H groups in total. The Bertz CT molecular complexity index is 925. The normalized spacial score (nSPS) is 15.8. The van der Waals surface area contributed by atoms with Crippen molar-refractivity contribution >= 4 is 17.2 Å². The van der Waals surface area contributed by atoms with E-state index in [1.807, 2.05) is 41.3 Å². The van der Waals surface area contributed by atoms with E-state index < -0.39 is 0 Å². The van der Waals surface area contributed by atoms with Crippen LogP contribution in [0.3, 0.4) is 0 Å². The number of benzene rings is 1. The topological polar surface area (TPSA) is 51.7 Å². The number of carbonyl (C=O) groups is 1. The number of aromatic nitrogens is 1. The van der Waals surface area contributed by atoms with Gasteiger partial charge in [0.1, 0.15) is 11.4 Å². The predicted octanol–water partition coefficient (Wildman–Crippen LogP) is 4.59. The van der Waals surface area contributed by atoms with Crippen LogP contribution in [0.15, 0.2) is 66.2 Å². The third kappa shape index (κ3) is 5.68. The number of rotatable bonds is 9. The van der Waals surface area contributed by atoms with Gasteiger partial charge in [0.15, 0.2) is 0 Å². The summed E-state index contributed by atoms with van der Waals surface area (Å²) < 4.78 is 11.7. The molecule has 1 fully saturated rings. The summed E-state index contributed by atoms with van der Waals surface area (Å²) in [6.45, 7) is 2.47. The van der Waals surface area contributed by atoms with Gasteiger partial charge < -0.3 is 14.4 Å². The van der Waals surface area contributed by atoms with E-state index in [4.69, 9.17) is 9.47 Å². The maximum absolute atomic E-state index is 13.1. The zero-order valence-corrected chi connectivity index (χ0v) is 17.7. The lowest BCUT2D eigenvalue weighted by Crippen LogP contribution is -2.37. The molecule has 1 saturated heterocycles. The summed E-state index contributed by atoms with van der Waals surface area (Å²) in [4.78, 5) is 20.5. The van der Waals surface area contributed by atoms with Gasteiger partial charge in [-0.3, -0.25) is 9.78 Å². The fourth-order valence-electron chi connectivity index (χ4n) is 3.58. The van der Waals surface area contributed by atoms with Gasteiger partial charge in [-0.15, -0.1) is 11.3 Å². The van der Waals surface area contributed by atoms with Crippen molar-refractivity contribution in [2.75, 3.05) is 19.8 Å². The zero-order chi connectivity index (χ0) is 20.6. The van der Waals surface area contributed by atoms with Gasteiger partial charge in [-0.2, -0.15) is 0 Å². The quantitative estimate of drug-likeness (QED) is 0.506. The van der Waals surface area contributed by atoms with Crippen LogP contribution in [0.4, 0.5) is 0 Å². The molecule has 30 heavy (non-hydrogen) atoms. The highest BCUT2D eigenvalue weighted by Gasteiger charge is 2.24. The van der Waals surface area contributed by atoms with Crippen molar-refractivity contribution in [2.45, 2.75) is 31.9 Å². The van der Waals surface area contributed by atoms with Crippen molar-refractivity contribution < 1.29 is 14.3 Å². The summed E-state index contributed by atoms with van der Waals surface area (Å²) in [6.07, 6.45) is 4.66. The number of carbonyl (C=O) groups excluding carboxylic acids is 1. The number of pyridine rings is 1. The molecule has 0 radical (unpaired) electrons. The van der Waals surface area contributed by atoms with Crippen LogP contribution in [-0.2, 0) is 17.7 Å². The van der Waals surface area contributed by atoms with Gasteiger partial charge in [0.2, 0.25) is 0 Å². The Morgan fingerprint density at radius 3 is 2.93 bits per heavy atom. The van der Waals surface area contributed by atoms with Crippen LogP contribution in [-0.4, -0.2) is 41.7 Å². The van der Waals surface area contributed by atoms with Crippen LogP contribution in [0.5, 0.6) is 5.75 Å². The first-order valence-electron chi connectivity index (χ1n) is 10.3. The molecule has 4 rings (SSSR count). The molecule has 1 aliphatic rings. The molecule has 0 spiro atoms. The molecule has 1 aliphatic heterocycles. The standard InChI is InChI=1S/C24H26N2O3S/c27-24(23-10-1-2-12-25-23)26(18-21-8-4-13-28-21)17-19-6-3-7-20(16-19)29-14-11-22-9-5-15-30-22/h1-3,5-7,9-10,12,15-16,21H,4,8,11,13-14,17-18H2. The Labute approximate surface area is 181 Å². The van der Waals surface area contributed by atoms with Crippen molar-refractivity contribution in [1.82, 2.24) is 9.88 Å². The maximum Gasteiger partial charge on any atom is 0.272 e. The number of thiophene rings is 1. The molecule has 3 heterocycles. The molecule has 156 valence electrons. The predicted molar refractivity (Wildman–Crippen MR) is 118 cm³/mol. The second-order valence-corrected chi connectivity index (χ2v) is 8.39. The molecular formula is C24H26N2O3S. The van der Waals surface area contributed by atoms with Crippen molar-refractivity contribution in [3.63, 3.8) is 0 Å². The minimum atomic E-state index is -0.0740. The summed E-state index contributed by atoms with van der Waals surface area (Å²) in [5.41, 5.74) is 1.49. The Morgan fingerprint density at radius 1 is 1.20 bits per heavy atom. The second-order valence-electron chi connectivity index (χ2n) is 7.36. The van der Waals surface area contributed by atoms with Gasteiger partial charge in [-0.25, -0.2) is 0 Å². The second kappa shape index (κ2) is 10.4. The largest absolute Gasteiger partial charge is 0.493 e. The monoisotopic (exact) mass is 422 g/mol. The summed E-state index contributed by atoms with van der Waals surface area (Å²) in [6, 6.07) is 17.6. The summed E-state index contributed by atoms with van der Waals surface area (Å²) in [5.74, 6) is 0.751. The third-order valence-corrected chi connectivity index (χ3v) is 6.02. The molecule has 0 bridgehead atoms. The first kappa shape index (κ1) is 20.6. The van der Waals surface area contributed by atoms with Crippen molar-refractivity contribution in [1.29, 1.82) is 0 Å². The highest BCUT2D eigenvalue weighted by molar-refractivity contribution is 7.09. The molecule has 0 saturated carbocycles. The van der Waals surface area contributed by atoms with E-state index in [0.717, 1.165) is 37.2 Å². The van der Waals surface area contributed by atoms with E-state index in [-0.39, 0.29) is 12.0 Å². The average Bonchev–Trinajstić information content (AvgIpc) is 3.48. The molecule has 0 aliphatic carbocycles. The van der Waals surface area contributed by atoms with Crippen LogP contribution in [0.2, 0.25) is 0 Å². The molecule has 1 atom stereocenters. The molecule has 1 unspecified atom stereocenters. The molecule has 6 heteroatoms. The highest BCUT2D eigenvalue weighted by atomic mass is 32.1. The van der Waals surface area contributed by atoms with Gasteiger partial charge in [0.05, 0.1) is 12.7 Å². The van der Waals surface area contributed by atoms with Crippen molar-refractivity contribution in [3.8, 4) is 5.75 Å². The molecule has 1 amide bonds. The Balaban J connectivity index is 1.42. The van der Waals surface area contributed by atoms with Gasteiger partial charge in [0, 0.05) is 37.2 Å². The van der Waals surface area contributed by atoms with Crippen LogP contribution in [0.25, 0.3) is 0 Å². The van der Waals surface area contributed by atoms with Crippen molar-refractivity contribution in [2.24, 2.45) is 0 Å². The van der Waals surface area contributed by atoms with E-state index in [1.165, 1.54) is 4.88 Å². The fraction of sp³-hybridized carbons (Fsp3) is 0.333. The van der Waals surface area contributed by atoms with Crippen LogP contribution in [0.1, 0.15) is 33.8 Å². The van der Waals surface area contributed by atoms with Crippen LogP contribution < -0.4 is 4.74 Å². The van der Waals surface area contributed by atoms with Gasteiger partial charge >= 0.3 is 0 Å². The lowest BCUT2D eigenvalue weighted by atomic mass is 10.1. The van der Waals surface area contributed by atoms with E-state index in [0.29, 0.717) is 25.4 Å². The molecular weight excluding hydrogens is 396 g/mol. The van der Waals surface area contributed by atoms with Crippen LogP contribution >= 0.6 is 11.3 Å². The number of hydrogen-bond donors (Lipinski definition) is 0. The number of hydrogen-bond acceptors (Lipinski definition) is 5. The SMILES string of the molecule is O=C(c1ccccn1)N(Cc1cccc(OCCc2cccs2)c1)CC1CCCO1. The molecule has 2 aromatic heterocycles. The molecule has 5 nitrogen and oxygen atoms in total. The number of amides is 1. The van der Waals surface area contributed by atoms with Gasteiger partial charge in [-0.1, -0.05) is 24.3 Å². The average molecular weight is 423 g/mol. The van der Waals surface area contributed by atoms with Crippen LogP contribution in [0, 0.1) is 0 Å². The molecule has 1 aromatic carbocycles.